The van der Waals surface area contributed by atoms with Crippen molar-refractivity contribution in [1.29, 1.82) is 0 Å². The molecule has 0 spiro atoms. The zero-order valence-electron chi connectivity index (χ0n) is 12.2. The molecular weight excluding hydrogens is 238 g/mol. The Bertz CT molecular complexity index is 395. The molecule has 0 bridgehead atoms. The standard InChI is InChI=1S/C15H25N3O/c1-12(16-2)14-7-4-8-17-15(14)18-9-5-6-13(10-18)11-19-3/h4,7-8,12-13,16H,5-6,9-11H2,1-3H3. The molecule has 0 aromatic carbocycles. The third-order valence-electron chi connectivity index (χ3n) is 3.94. The quantitative estimate of drug-likeness (QED) is 0.884. The van der Waals surface area contributed by atoms with Crippen LogP contribution in [0.2, 0.25) is 0 Å². The maximum Gasteiger partial charge on any atom is 0.133 e. The zero-order chi connectivity index (χ0) is 13.7. The second kappa shape index (κ2) is 6.87. The van der Waals surface area contributed by atoms with E-state index in [1.165, 1.54) is 18.4 Å². The van der Waals surface area contributed by atoms with Gasteiger partial charge in [-0.25, -0.2) is 4.98 Å². The van der Waals surface area contributed by atoms with E-state index in [9.17, 15) is 0 Å². The summed E-state index contributed by atoms with van der Waals surface area (Å²) in [6, 6.07) is 4.51. The van der Waals surface area contributed by atoms with Crippen LogP contribution in [0.5, 0.6) is 0 Å². The van der Waals surface area contributed by atoms with Crippen molar-refractivity contribution >= 4 is 5.82 Å². The predicted molar refractivity (Wildman–Crippen MR) is 78.5 cm³/mol. The molecule has 1 N–H and O–H groups in total. The van der Waals surface area contributed by atoms with Gasteiger partial charge in [0.2, 0.25) is 0 Å². The first kappa shape index (κ1) is 14.3. The Morgan fingerprint density at radius 3 is 3.16 bits per heavy atom. The van der Waals surface area contributed by atoms with Crippen molar-refractivity contribution in [3.63, 3.8) is 0 Å². The van der Waals surface area contributed by atoms with E-state index < -0.39 is 0 Å². The van der Waals surface area contributed by atoms with Gasteiger partial charge in [0.25, 0.3) is 0 Å². The summed E-state index contributed by atoms with van der Waals surface area (Å²) >= 11 is 0. The Kier molecular flexibility index (Phi) is 5.16. The van der Waals surface area contributed by atoms with E-state index in [0.717, 1.165) is 25.5 Å². The molecule has 1 saturated heterocycles. The molecule has 1 aromatic heterocycles. The summed E-state index contributed by atoms with van der Waals surface area (Å²) in [5.74, 6) is 1.75. The zero-order valence-corrected chi connectivity index (χ0v) is 12.2. The van der Waals surface area contributed by atoms with Crippen LogP contribution in [0.3, 0.4) is 0 Å². The minimum Gasteiger partial charge on any atom is -0.384 e. The van der Waals surface area contributed by atoms with Crippen molar-refractivity contribution in [3.05, 3.63) is 23.9 Å². The molecule has 1 aromatic rings. The Hall–Kier alpha value is -1.13. The lowest BCUT2D eigenvalue weighted by atomic mass is 9.98. The van der Waals surface area contributed by atoms with E-state index in [4.69, 9.17) is 4.74 Å². The Morgan fingerprint density at radius 2 is 2.42 bits per heavy atom. The van der Waals surface area contributed by atoms with Crippen LogP contribution < -0.4 is 10.2 Å². The number of nitrogens with zero attached hydrogens (tertiary/aromatic N) is 2. The topological polar surface area (TPSA) is 37.4 Å². The highest BCUT2D eigenvalue weighted by molar-refractivity contribution is 5.48. The van der Waals surface area contributed by atoms with Crippen molar-refractivity contribution < 1.29 is 4.74 Å². The number of nitrogens with one attached hydrogen (secondary N) is 1. The molecule has 106 valence electrons. The number of methoxy groups -OCH3 is 1. The highest BCUT2D eigenvalue weighted by Crippen LogP contribution is 2.27. The summed E-state index contributed by atoms with van der Waals surface area (Å²) < 4.78 is 5.30. The van der Waals surface area contributed by atoms with Gasteiger partial charge in [-0.2, -0.15) is 0 Å². The molecule has 2 unspecified atom stereocenters. The van der Waals surface area contributed by atoms with Crippen LogP contribution in [-0.2, 0) is 4.74 Å². The van der Waals surface area contributed by atoms with Gasteiger partial charge in [0.1, 0.15) is 5.82 Å². The smallest absolute Gasteiger partial charge is 0.133 e. The SMILES string of the molecule is CNC(C)c1cccnc1N1CCCC(COC)C1. The molecule has 4 heteroatoms. The number of pyridine rings is 1. The fourth-order valence-corrected chi connectivity index (χ4v) is 2.80. The molecule has 19 heavy (non-hydrogen) atoms. The normalized spacial score (nSPS) is 21.4. The molecule has 0 aliphatic carbocycles. The third-order valence-corrected chi connectivity index (χ3v) is 3.94. The van der Waals surface area contributed by atoms with Gasteiger partial charge in [-0.1, -0.05) is 6.07 Å². The number of hydrogen-bond donors (Lipinski definition) is 1. The summed E-state index contributed by atoms with van der Waals surface area (Å²) in [6.07, 6.45) is 4.37. The number of anilines is 1. The minimum atomic E-state index is 0.325. The molecule has 1 fully saturated rings. The summed E-state index contributed by atoms with van der Waals surface area (Å²) in [6.45, 7) is 5.17. The second-order valence-corrected chi connectivity index (χ2v) is 5.34. The number of hydrogen-bond acceptors (Lipinski definition) is 4. The summed E-state index contributed by atoms with van der Waals surface area (Å²) in [5.41, 5.74) is 1.28. The molecule has 0 saturated carbocycles. The monoisotopic (exact) mass is 263 g/mol. The van der Waals surface area contributed by atoms with E-state index in [1.807, 2.05) is 19.3 Å². The van der Waals surface area contributed by atoms with E-state index >= 15 is 0 Å². The van der Waals surface area contributed by atoms with Crippen LogP contribution in [0.1, 0.15) is 31.4 Å². The molecule has 1 aliphatic rings. The van der Waals surface area contributed by atoms with Gasteiger partial charge in [-0.3, -0.25) is 0 Å². The average molecular weight is 263 g/mol. The van der Waals surface area contributed by atoms with E-state index in [1.54, 1.807) is 7.11 Å². The highest BCUT2D eigenvalue weighted by atomic mass is 16.5. The summed E-state index contributed by atoms with van der Waals surface area (Å²) in [5, 5.41) is 3.31. The molecular formula is C15H25N3O. The molecule has 1 aliphatic heterocycles. The van der Waals surface area contributed by atoms with Crippen LogP contribution in [0.15, 0.2) is 18.3 Å². The van der Waals surface area contributed by atoms with E-state index in [-0.39, 0.29) is 0 Å². The summed E-state index contributed by atoms with van der Waals surface area (Å²) in [4.78, 5) is 7.02. The lowest BCUT2D eigenvalue weighted by molar-refractivity contribution is 0.143. The van der Waals surface area contributed by atoms with Crippen molar-refractivity contribution in [2.24, 2.45) is 5.92 Å². The fraction of sp³-hybridized carbons (Fsp3) is 0.667. The largest absolute Gasteiger partial charge is 0.384 e. The lowest BCUT2D eigenvalue weighted by Crippen LogP contribution is -2.38. The maximum atomic E-state index is 5.30. The average Bonchev–Trinajstić information content (AvgIpc) is 2.47. The number of piperidine rings is 1. The Morgan fingerprint density at radius 1 is 1.58 bits per heavy atom. The van der Waals surface area contributed by atoms with E-state index in [2.05, 4.69) is 28.2 Å². The van der Waals surface area contributed by atoms with Crippen LogP contribution >= 0.6 is 0 Å². The molecule has 2 atom stereocenters. The van der Waals surface area contributed by atoms with Gasteiger partial charge in [-0.15, -0.1) is 0 Å². The van der Waals surface area contributed by atoms with Gasteiger partial charge in [0.15, 0.2) is 0 Å². The maximum absolute atomic E-state index is 5.30. The second-order valence-electron chi connectivity index (χ2n) is 5.34. The lowest BCUT2D eigenvalue weighted by Gasteiger charge is -2.35. The van der Waals surface area contributed by atoms with Gasteiger partial charge in [0.05, 0.1) is 6.61 Å². The molecule has 0 amide bonds. The first-order chi connectivity index (χ1) is 9.26. The highest BCUT2D eigenvalue weighted by Gasteiger charge is 2.23. The number of ether oxygens (including phenoxy) is 1. The molecule has 2 heterocycles. The van der Waals surface area contributed by atoms with Gasteiger partial charge >= 0.3 is 0 Å². The van der Waals surface area contributed by atoms with Crippen molar-refractivity contribution in [2.75, 3.05) is 38.8 Å². The number of aromatic nitrogens is 1. The van der Waals surface area contributed by atoms with Crippen LogP contribution in [0.25, 0.3) is 0 Å². The Labute approximate surface area is 116 Å². The van der Waals surface area contributed by atoms with Gasteiger partial charge in [0, 0.05) is 38.0 Å². The predicted octanol–water partition coefficient (Wildman–Crippen LogP) is 2.22. The van der Waals surface area contributed by atoms with Crippen LogP contribution in [-0.4, -0.2) is 38.8 Å². The van der Waals surface area contributed by atoms with Crippen molar-refractivity contribution in [2.45, 2.75) is 25.8 Å². The molecule has 0 radical (unpaired) electrons. The van der Waals surface area contributed by atoms with Crippen LogP contribution in [0, 0.1) is 5.92 Å². The first-order valence-corrected chi connectivity index (χ1v) is 7.12. The van der Waals surface area contributed by atoms with Gasteiger partial charge < -0.3 is 15.0 Å². The summed E-state index contributed by atoms with van der Waals surface area (Å²) in [7, 11) is 3.78. The third kappa shape index (κ3) is 3.45. The van der Waals surface area contributed by atoms with E-state index in [0.29, 0.717) is 12.0 Å². The van der Waals surface area contributed by atoms with Crippen LogP contribution in [0.4, 0.5) is 5.82 Å². The molecule has 2 rings (SSSR count). The first-order valence-electron chi connectivity index (χ1n) is 7.12. The minimum absolute atomic E-state index is 0.325. The van der Waals surface area contributed by atoms with Crippen molar-refractivity contribution in [1.82, 2.24) is 10.3 Å². The van der Waals surface area contributed by atoms with Crippen molar-refractivity contribution in [3.8, 4) is 0 Å². The Balaban J connectivity index is 2.16. The fourth-order valence-electron chi connectivity index (χ4n) is 2.80. The molecule has 4 nitrogen and oxygen atoms in total. The number of rotatable bonds is 5. The van der Waals surface area contributed by atoms with Gasteiger partial charge in [-0.05, 0) is 38.8 Å².